The molecule has 0 aliphatic rings. The Hall–Kier alpha value is -2.50. The molecule has 3 rings (SSSR count). The number of nitrogens with zero attached hydrogens (tertiary/aromatic N) is 1. The summed E-state index contributed by atoms with van der Waals surface area (Å²) in [5.74, 6) is 0.798. The van der Waals surface area contributed by atoms with Crippen LogP contribution in [0, 0.1) is 0 Å². The zero-order chi connectivity index (χ0) is 18.7. The van der Waals surface area contributed by atoms with E-state index in [2.05, 4.69) is 5.32 Å². The van der Waals surface area contributed by atoms with E-state index in [1.807, 2.05) is 43.3 Å². The maximum Gasteiger partial charge on any atom is 0.287 e. The highest BCUT2D eigenvalue weighted by atomic mass is 35.5. The molecule has 1 amide bonds. The second kappa shape index (κ2) is 7.81. The van der Waals surface area contributed by atoms with Crippen LogP contribution in [-0.4, -0.2) is 38.6 Å². The van der Waals surface area contributed by atoms with Gasteiger partial charge in [-0.3, -0.25) is 4.79 Å². The van der Waals surface area contributed by atoms with Crippen molar-refractivity contribution in [2.75, 3.05) is 27.7 Å². The van der Waals surface area contributed by atoms with Crippen LogP contribution in [0.3, 0.4) is 0 Å². The predicted molar refractivity (Wildman–Crippen MR) is 103 cm³/mol. The quantitative estimate of drug-likeness (QED) is 0.707. The lowest BCUT2D eigenvalue weighted by atomic mass is 10.1. The molecule has 0 aliphatic carbocycles. The largest absolute Gasteiger partial charge is 0.497 e. The molecular formula is C20H21ClN2O3. The van der Waals surface area contributed by atoms with Crippen LogP contribution in [0.5, 0.6) is 5.75 Å². The second-order valence-corrected chi connectivity index (χ2v) is 6.70. The van der Waals surface area contributed by atoms with Gasteiger partial charge in [0.15, 0.2) is 5.76 Å². The highest BCUT2D eigenvalue weighted by Crippen LogP contribution is 2.24. The Morgan fingerprint density at radius 3 is 2.77 bits per heavy atom. The molecule has 0 spiro atoms. The van der Waals surface area contributed by atoms with E-state index in [1.165, 1.54) is 0 Å². The van der Waals surface area contributed by atoms with Crippen molar-refractivity contribution >= 4 is 28.5 Å². The van der Waals surface area contributed by atoms with Crippen LogP contribution in [0.25, 0.3) is 11.0 Å². The van der Waals surface area contributed by atoms with Gasteiger partial charge in [0.2, 0.25) is 0 Å². The number of furan rings is 1. The van der Waals surface area contributed by atoms with Crippen LogP contribution in [0.15, 0.2) is 52.9 Å². The molecule has 26 heavy (non-hydrogen) atoms. The monoisotopic (exact) mass is 372 g/mol. The standard InChI is InChI=1S/C20H21ClN2O3/c1-23(2)17(13-5-4-6-16(10-13)25-3)12-22-20(24)19-11-14-9-15(21)7-8-18(14)26-19/h4-11,17H,12H2,1-3H3,(H,22,24). The number of halogens is 1. The van der Waals surface area contributed by atoms with E-state index in [0.29, 0.717) is 17.2 Å². The summed E-state index contributed by atoms with van der Waals surface area (Å²) in [5, 5.41) is 4.36. The Morgan fingerprint density at radius 1 is 1.23 bits per heavy atom. The molecule has 1 N–H and O–H groups in total. The Labute approximate surface area is 157 Å². The molecule has 0 saturated carbocycles. The lowest BCUT2D eigenvalue weighted by molar-refractivity contribution is 0.0916. The number of benzene rings is 2. The number of rotatable bonds is 6. The lowest BCUT2D eigenvalue weighted by Gasteiger charge is -2.25. The van der Waals surface area contributed by atoms with E-state index in [-0.39, 0.29) is 17.7 Å². The van der Waals surface area contributed by atoms with Gasteiger partial charge in [-0.2, -0.15) is 0 Å². The SMILES string of the molecule is COc1cccc(C(CNC(=O)c2cc3cc(Cl)ccc3o2)N(C)C)c1. The van der Waals surface area contributed by atoms with Gasteiger partial charge < -0.3 is 19.4 Å². The van der Waals surface area contributed by atoms with Gasteiger partial charge in [0.25, 0.3) is 5.91 Å². The fourth-order valence-electron chi connectivity index (χ4n) is 2.85. The number of amides is 1. The normalized spacial score (nSPS) is 12.3. The topological polar surface area (TPSA) is 54.7 Å². The molecule has 0 fully saturated rings. The van der Waals surface area contributed by atoms with Crippen LogP contribution in [0.1, 0.15) is 22.2 Å². The van der Waals surface area contributed by atoms with Crippen LogP contribution < -0.4 is 10.1 Å². The number of carbonyl (C=O) groups is 1. The molecule has 2 aromatic carbocycles. The number of hydrogen-bond donors (Lipinski definition) is 1. The molecule has 5 nitrogen and oxygen atoms in total. The number of nitrogens with one attached hydrogen (secondary N) is 1. The minimum Gasteiger partial charge on any atom is -0.497 e. The summed E-state index contributed by atoms with van der Waals surface area (Å²) < 4.78 is 10.9. The molecule has 1 aromatic heterocycles. The molecule has 0 bridgehead atoms. The fourth-order valence-corrected chi connectivity index (χ4v) is 3.03. The average Bonchev–Trinajstić information content (AvgIpc) is 3.05. The lowest BCUT2D eigenvalue weighted by Crippen LogP contribution is -2.34. The van der Waals surface area contributed by atoms with Crippen molar-refractivity contribution < 1.29 is 13.9 Å². The summed E-state index contributed by atoms with van der Waals surface area (Å²) >= 11 is 5.98. The van der Waals surface area contributed by atoms with Crippen molar-refractivity contribution in [2.24, 2.45) is 0 Å². The number of likely N-dealkylation sites (N-methyl/N-ethyl adjacent to an activating group) is 1. The van der Waals surface area contributed by atoms with Gasteiger partial charge in [0.05, 0.1) is 13.2 Å². The van der Waals surface area contributed by atoms with Gasteiger partial charge in [0.1, 0.15) is 11.3 Å². The maximum absolute atomic E-state index is 12.5. The first-order valence-electron chi connectivity index (χ1n) is 8.25. The van der Waals surface area contributed by atoms with Crippen molar-refractivity contribution in [3.8, 4) is 5.75 Å². The summed E-state index contributed by atoms with van der Waals surface area (Å²) in [6, 6.07) is 14.8. The van der Waals surface area contributed by atoms with E-state index < -0.39 is 0 Å². The van der Waals surface area contributed by atoms with Gasteiger partial charge in [-0.25, -0.2) is 0 Å². The Kier molecular flexibility index (Phi) is 5.49. The summed E-state index contributed by atoms with van der Waals surface area (Å²) in [6.45, 7) is 0.441. The first-order valence-corrected chi connectivity index (χ1v) is 8.63. The molecular weight excluding hydrogens is 352 g/mol. The first-order chi connectivity index (χ1) is 12.5. The van der Waals surface area contributed by atoms with Crippen LogP contribution in [0.2, 0.25) is 5.02 Å². The molecule has 0 saturated heterocycles. The third-order valence-corrected chi connectivity index (χ3v) is 4.50. The van der Waals surface area contributed by atoms with E-state index in [0.717, 1.165) is 16.7 Å². The number of methoxy groups -OCH3 is 1. The molecule has 1 unspecified atom stereocenters. The summed E-state index contributed by atoms with van der Waals surface area (Å²) in [6.07, 6.45) is 0. The molecule has 136 valence electrons. The van der Waals surface area contributed by atoms with Crippen molar-refractivity contribution in [3.63, 3.8) is 0 Å². The number of carbonyl (C=O) groups excluding carboxylic acids is 1. The van der Waals surface area contributed by atoms with Gasteiger partial charge in [0, 0.05) is 17.0 Å². The van der Waals surface area contributed by atoms with E-state index in [1.54, 1.807) is 31.4 Å². The van der Waals surface area contributed by atoms with Crippen molar-refractivity contribution in [3.05, 3.63) is 64.9 Å². The molecule has 1 heterocycles. The first kappa shape index (κ1) is 18.3. The predicted octanol–water partition coefficient (Wildman–Crippen LogP) is 4.13. The van der Waals surface area contributed by atoms with Crippen LogP contribution in [0.4, 0.5) is 0 Å². The zero-order valence-electron chi connectivity index (χ0n) is 15.0. The third-order valence-electron chi connectivity index (χ3n) is 4.26. The van der Waals surface area contributed by atoms with E-state index in [9.17, 15) is 4.79 Å². The van der Waals surface area contributed by atoms with Gasteiger partial charge in [-0.1, -0.05) is 23.7 Å². The van der Waals surface area contributed by atoms with Crippen LogP contribution >= 0.6 is 11.6 Å². The molecule has 1 atom stereocenters. The van der Waals surface area contributed by atoms with Crippen molar-refractivity contribution in [1.82, 2.24) is 10.2 Å². The summed E-state index contributed by atoms with van der Waals surface area (Å²) in [5.41, 5.74) is 1.70. The Bertz CT molecular complexity index is 920. The van der Waals surface area contributed by atoms with Gasteiger partial charge in [-0.05, 0) is 56.1 Å². The smallest absolute Gasteiger partial charge is 0.287 e. The van der Waals surface area contributed by atoms with Gasteiger partial charge in [-0.15, -0.1) is 0 Å². The molecule has 0 radical (unpaired) electrons. The third kappa shape index (κ3) is 4.00. The number of fused-ring (bicyclic) bond motifs is 1. The highest BCUT2D eigenvalue weighted by molar-refractivity contribution is 6.31. The van der Waals surface area contributed by atoms with E-state index >= 15 is 0 Å². The summed E-state index contributed by atoms with van der Waals surface area (Å²) in [4.78, 5) is 14.5. The molecule has 3 aromatic rings. The Morgan fingerprint density at radius 2 is 2.04 bits per heavy atom. The maximum atomic E-state index is 12.5. The second-order valence-electron chi connectivity index (χ2n) is 6.26. The summed E-state index contributed by atoms with van der Waals surface area (Å²) in [7, 11) is 5.58. The number of ether oxygens (including phenoxy) is 1. The molecule has 6 heteroatoms. The highest BCUT2D eigenvalue weighted by Gasteiger charge is 2.18. The fraction of sp³-hybridized carbons (Fsp3) is 0.250. The molecule has 0 aliphatic heterocycles. The van der Waals surface area contributed by atoms with Crippen molar-refractivity contribution in [1.29, 1.82) is 0 Å². The van der Waals surface area contributed by atoms with Crippen LogP contribution in [-0.2, 0) is 0 Å². The minimum absolute atomic E-state index is 0.00729. The van der Waals surface area contributed by atoms with E-state index in [4.69, 9.17) is 20.8 Å². The zero-order valence-corrected chi connectivity index (χ0v) is 15.7. The van der Waals surface area contributed by atoms with Crippen molar-refractivity contribution in [2.45, 2.75) is 6.04 Å². The number of hydrogen-bond acceptors (Lipinski definition) is 4. The van der Waals surface area contributed by atoms with Gasteiger partial charge >= 0.3 is 0 Å². The Balaban J connectivity index is 1.74. The minimum atomic E-state index is -0.257. The average molecular weight is 373 g/mol.